The van der Waals surface area contributed by atoms with E-state index in [1.54, 1.807) is 20.8 Å². The summed E-state index contributed by atoms with van der Waals surface area (Å²) in [7, 11) is 0. The number of nitrogens with zero attached hydrogens (tertiary/aromatic N) is 1. The van der Waals surface area contributed by atoms with Gasteiger partial charge in [0.15, 0.2) is 0 Å². The monoisotopic (exact) mass is 346 g/mol. The van der Waals surface area contributed by atoms with Crippen molar-refractivity contribution in [1.82, 2.24) is 4.90 Å². The smallest absolute Gasteiger partial charge is 0.254 e. The molecule has 6 heteroatoms. The van der Waals surface area contributed by atoms with E-state index >= 15 is 0 Å². The fraction of sp³-hybridized carbons (Fsp3) is 0.263. The van der Waals surface area contributed by atoms with Gasteiger partial charge in [-0.2, -0.15) is 0 Å². The molecule has 2 rings (SSSR count). The molecule has 0 aromatic heterocycles. The predicted molar refractivity (Wildman–Crippen MR) is 92.3 cm³/mol. The highest BCUT2D eigenvalue weighted by Gasteiger charge is 2.22. The first-order valence-corrected chi connectivity index (χ1v) is 7.90. The molecule has 0 atom stereocenters. The number of aryl methyl sites for hydroxylation is 1. The van der Waals surface area contributed by atoms with E-state index in [0.717, 1.165) is 0 Å². The number of halogens is 2. The predicted octanol–water partition coefficient (Wildman–Crippen LogP) is 3.76. The number of anilines is 1. The van der Waals surface area contributed by atoms with Crippen LogP contribution in [0.1, 0.15) is 29.8 Å². The van der Waals surface area contributed by atoms with Crippen LogP contribution < -0.4 is 5.32 Å². The van der Waals surface area contributed by atoms with E-state index in [9.17, 15) is 18.4 Å². The Hall–Kier alpha value is -2.76. The van der Waals surface area contributed by atoms with Crippen molar-refractivity contribution in [1.29, 1.82) is 0 Å². The summed E-state index contributed by atoms with van der Waals surface area (Å²) in [6.45, 7) is 4.96. The Bertz CT molecular complexity index is 773. The molecule has 0 radical (unpaired) electrons. The van der Waals surface area contributed by atoms with Gasteiger partial charge in [-0.25, -0.2) is 8.78 Å². The lowest BCUT2D eigenvalue weighted by Gasteiger charge is -2.26. The van der Waals surface area contributed by atoms with Gasteiger partial charge in [0, 0.05) is 17.3 Å². The van der Waals surface area contributed by atoms with Crippen molar-refractivity contribution in [2.24, 2.45) is 0 Å². The van der Waals surface area contributed by atoms with E-state index in [4.69, 9.17) is 0 Å². The summed E-state index contributed by atoms with van der Waals surface area (Å²) in [5, 5.41) is 2.61. The van der Waals surface area contributed by atoms with E-state index in [1.807, 2.05) is 0 Å². The summed E-state index contributed by atoms with van der Waals surface area (Å²) in [4.78, 5) is 26.2. The van der Waals surface area contributed by atoms with Crippen LogP contribution in [0.4, 0.5) is 14.5 Å². The van der Waals surface area contributed by atoms with E-state index < -0.39 is 23.4 Å². The van der Waals surface area contributed by atoms with Crippen molar-refractivity contribution < 1.29 is 18.4 Å². The normalized spacial score (nSPS) is 10.6. The molecule has 0 spiro atoms. The van der Waals surface area contributed by atoms with Crippen LogP contribution in [0, 0.1) is 18.6 Å². The number of hydrogen-bond acceptors (Lipinski definition) is 2. The molecule has 4 nitrogen and oxygen atoms in total. The second-order valence-electron chi connectivity index (χ2n) is 6.05. The summed E-state index contributed by atoms with van der Waals surface area (Å²) < 4.78 is 26.6. The Morgan fingerprint density at radius 2 is 1.72 bits per heavy atom. The third-order valence-electron chi connectivity index (χ3n) is 3.74. The highest BCUT2D eigenvalue weighted by atomic mass is 19.1. The number of nitrogens with one attached hydrogen (secondary N) is 1. The van der Waals surface area contributed by atoms with Crippen molar-refractivity contribution in [2.75, 3.05) is 11.9 Å². The molecule has 0 aliphatic rings. The second kappa shape index (κ2) is 7.88. The molecule has 25 heavy (non-hydrogen) atoms. The van der Waals surface area contributed by atoms with Crippen LogP contribution >= 0.6 is 0 Å². The fourth-order valence-electron chi connectivity index (χ4n) is 2.27. The molecule has 0 saturated heterocycles. The van der Waals surface area contributed by atoms with Crippen molar-refractivity contribution >= 4 is 17.5 Å². The molecule has 0 aliphatic heterocycles. The molecule has 2 amide bonds. The maximum absolute atomic E-state index is 13.7. The number of carbonyl (C=O) groups is 2. The van der Waals surface area contributed by atoms with Gasteiger partial charge in [0.2, 0.25) is 5.91 Å². The number of amides is 2. The Labute approximate surface area is 145 Å². The number of rotatable bonds is 5. The molecule has 0 aliphatic carbocycles. The van der Waals surface area contributed by atoms with Crippen LogP contribution in [0.3, 0.4) is 0 Å². The standard InChI is InChI=1S/C19H20F2N2O2/c1-12(2)23(19(25)14-5-4-13(3)17(21)10-14)11-18(24)22-16-8-6-15(20)7-9-16/h4-10,12H,11H2,1-3H3,(H,22,24). The van der Waals surface area contributed by atoms with Crippen molar-refractivity contribution in [2.45, 2.75) is 26.8 Å². The SMILES string of the molecule is Cc1ccc(C(=O)N(CC(=O)Nc2ccc(F)cc2)C(C)C)cc1F. The number of benzene rings is 2. The molecule has 0 saturated carbocycles. The summed E-state index contributed by atoms with van der Waals surface area (Å²) >= 11 is 0. The largest absolute Gasteiger partial charge is 0.327 e. The first kappa shape index (κ1) is 18.6. The highest BCUT2D eigenvalue weighted by molar-refractivity contribution is 5.99. The molecule has 132 valence electrons. The maximum atomic E-state index is 13.7. The van der Waals surface area contributed by atoms with E-state index in [2.05, 4.69) is 5.32 Å². The van der Waals surface area contributed by atoms with Crippen LogP contribution in [0.25, 0.3) is 0 Å². The number of hydrogen-bond donors (Lipinski definition) is 1. The second-order valence-corrected chi connectivity index (χ2v) is 6.05. The molecule has 0 bridgehead atoms. The molecular formula is C19H20F2N2O2. The summed E-state index contributed by atoms with van der Waals surface area (Å²) in [5.74, 6) is -1.71. The van der Waals surface area contributed by atoms with Crippen LogP contribution in [0.15, 0.2) is 42.5 Å². The van der Waals surface area contributed by atoms with Crippen molar-refractivity contribution in [3.8, 4) is 0 Å². The van der Waals surface area contributed by atoms with Gasteiger partial charge in [0.25, 0.3) is 5.91 Å². The molecule has 2 aromatic carbocycles. The zero-order valence-corrected chi connectivity index (χ0v) is 14.3. The number of carbonyl (C=O) groups excluding carboxylic acids is 2. The average molecular weight is 346 g/mol. The summed E-state index contributed by atoms with van der Waals surface area (Å²) in [5.41, 5.74) is 1.07. The third-order valence-corrected chi connectivity index (χ3v) is 3.74. The van der Waals surface area contributed by atoms with Gasteiger partial charge in [0.1, 0.15) is 18.2 Å². The minimum absolute atomic E-state index is 0.186. The highest BCUT2D eigenvalue weighted by Crippen LogP contribution is 2.14. The molecule has 0 heterocycles. The fourth-order valence-corrected chi connectivity index (χ4v) is 2.27. The Morgan fingerprint density at radius 1 is 1.08 bits per heavy atom. The quantitative estimate of drug-likeness (QED) is 0.896. The Kier molecular flexibility index (Phi) is 5.85. The maximum Gasteiger partial charge on any atom is 0.254 e. The Morgan fingerprint density at radius 3 is 2.28 bits per heavy atom. The minimum Gasteiger partial charge on any atom is -0.327 e. The zero-order valence-electron chi connectivity index (χ0n) is 14.3. The first-order chi connectivity index (χ1) is 11.8. The topological polar surface area (TPSA) is 49.4 Å². The molecule has 2 aromatic rings. The van der Waals surface area contributed by atoms with Crippen LogP contribution in [-0.4, -0.2) is 29.3 Å². The van der Waals surface area contributed by atoms with Gasteiger partial charge in [-0.15, -0.1) is 0 Å². The minimum atomic E-state index is -0.467. The van der Waals surface area contributed by atoms with E-state index in [1.165, 1.54) is 47.4 Å². The van der Waals surface area contributed by atoms with Crippen LogP contribution in [-0.2, 0) is 4.79 Å². The zero-order chi connectivity index (χ0) is 18.6. The van der Waals surface area contributed by atoms with E-state index in [-0.39, 0.29) is 18.2 Å². The molecule has 1 N–H and O–H groups in total. The van der Waals surface area contributed by atoms with Crippen LogP contribution in [0.2, 0.25) is 0 Å². The lowest BCUT2D eigenvalue weighted by Crippen LogP contribution is -2.42. The third kappa shape index (κ3) is 4.86. The first-order valence-electron chi connectivity index (χ1n) is 7.90. The lowest BCUT2D eigenvalue weighted by atomic mass is 10.1. The average Bonchev–Trinajstić information content (AvgIpc) is 2.56. The van der Waals surface area contributed by atoms with Crippen molar-refractivity contribution in [3.63, 3.8) is 0 Å². The molecule has 0 unspecified atom stereocenters. The lowest BCUT2D eigenvalue weighted by molar-refractivity contribution is -0.117. The Balaban J connectivity index is 2.11. The van der Waals surface area contributed by atoms with Gasteiger partial charge in [-0.1, -0.05) is 6.07 Å². The summed E-state index contributed by atoms with van der Waals surface area (Å²) in [6.07, 6.45) is 0. The van der Waals surface area contributed by atoms with Crippen molar-refractivity contribution in [3.05, 3.63) is 65.2 Å². The van der Waals surface area contributed by atoms with Gasteiger partial charge >= 0.3 is 0 Å². The van der Waals surface area contributed by atoms with Gasteiger partial charge in [-0.3, -0.25) is 9.59 Å². The molecule has 0 fully saturated rings. The molecular weight excluding hydrogens is 326 g/mol. The van der Waals surface area contributed by atoms with Gasteiger partial charge in [-0.05, 0) is 62.7 Å². The van der Waals surface area contributed by atoms with E-state index in [0.29, 0.717) is 11.3 Å². The van der Waals surface area contributed by atoms with Crippen LogP contribution in [0.5, 0.6) is 0 Å². The van der Waals surface area contributed by atoms with Gasteiger partial charge in [0.05, 0.1) is 0 Å². The summed E-state index contributed by atoms with van der Waals surface area (Å²) in [6, 6.07) is 9.31. The van der Waals surface area contributed by atoms with Gasteiger partial charge < -0.3 is 10.2 Å².